The largest absolute Gasteiger partial charge is 0.419 e. The first-order valence-electron chi connectivity index (χ1n) is 4.98. The average molecular weight is 256 g/mol. The predicted molar refractivity (Wildman–Crippen MR) is 62.6 cm³/mol. The van der Waals surface area contributed by atoms with Gasteiger partial charge >= 0.3 is 5.76 Å². The molecule has 0 atom stereocenters. The molecule has 0 unspecified atom stereocenters. The lowest BCUT2D eigenvalue weighted by molar-refractivity contribution is 0.527. The molecule has 2 aromatic rings. The Morgan fingerprint density at radius 1 is 1.41 bits per heavy atom. The van der Waals surface area contributed by atoms with Gasteiger partial charge in [0.15, 0.2) is 15.4 Å². The van der Waals surface area contributed by atoms with E-state index in [1.807, 2.05) is 0 Å². The van der Waals surface area contributed by atoms with Crippen molar-refractivity contribution in [2.45, 2.75) is 4.90 Å². The van der Waals surface area contributed by atoms with Crippen LogP contribution in [0.25, 0.3) is 11.1 Å². The van der Waals surface area contributed by atoms with Crippen LogP contribution in [0.15, 0.2) is 32.3 Å². The summed E-state index contributed by atoms with van der Waals surface area (Å²) in [7, 11) is -1.84. The Balaban J connectivity index is 2.64. The van der Waals surface area contributed by atoms with Crippen molar-refractivity contribution in [3.05, 3.63) is 28.7 Å². The van der Waals surface area contributed by atoms with E-state index in [4.69, 9.17) is 10.2 Å². The van der Waals surface area contributed by atoms with E-state index in [1.165, 1.54) is 16.7 Å². The Bertz CT molecular complexity index is 711. The first-order valence-corrected chi connectivity index (χ1v) is 6.63. The third kappa shape index (κ3) is 1.98. The molecule has 0 aliphatic carbocycles. The summed E-state index contributed by atoms with van der Waals surface area (Å²) in [6, 6.07) is 4.34. The van der Waals surface area contributed by atoms with Crippen LogP contribution in [-0.2, 0) is 16.9 Å². The summed E-state index contributed by atoms with van der Waals surface area (Å²) in [4.78, 5) is 11.4. The molecule has 0 aliphatic rings. The minimum Gasteiger partial charge on any atom is -0.408 e. The molecule has 2 N–H and O–H groups in total. The predicted octanol–water partition coefficient (Wildman–Crippen LogP) is -0.136. The summed E-state index contributed by atoms with van der Waals surface area (Å²) < 4.78 is 29.8. The molecule has 0 radical (unpaired) electrons. The van der Waals surface area contributed by atoms with Crippen molar-refractivity contribution in [3.63, 3.8) is 0 Å². The highest BCUT2D eigenvalue weighted by molar-refractivity contribution is 7.91. The van der Waals surface area contributed by atoms with Crippen LogP contribution < -0.4 is 11.5 Å². The molecule has 17 heavy (non-hydrogen) atoms. The van der Waals surface area contributed by atoms with Crippen LogP contribution in [0.1, 0.15) is 0 Å². The van der Waals surface area contributed by atoms with E-state index in [0.29, 0.717) is 5.52 Å². The molecule has 1 aromatic heterocycles. The van der Waals surface area contributed by atoms with Crippen molar-refractivity contribution in [1.29, 1.82) is 0 Å². The van der Waals surface area contributed by atoms with Crippen molar-refractivity contribution in [2.75, 3.05) is 12.3 Å². The number of aryl methyl sites for hydroxylation is 1. The molecule has 7 heteroatoms. The van der Waals surface area contributed by atoms with Gasteiger partial charge in [0.1, 0.15) is 0 Å². The van der Waals surface area contributed by atoms with E-state index in [0.717, 1.165) is 0 Å². The molecule has 2 rings (SSSR count). The molecule has 1 heterocycles. The van der Waals surface area contributed by atoms with Gasteiger partial charge in [-0.15, -0.1) is 0 Å². The fraction of sp³-hybridized carbons (Fsp3) is 0.300. The molecule has 0 bridgehead atoms. The Morgan fingerprint density at radius 2 is 2.12 bits per heavy atom. The van der Waals surface area contributed by atoms with Crippen molar-refractivity contribution in [2.24, 2.45) is 12.8 Å². The first-order chi connectivity index (χ1) is 7.95. The second kappa shape index (κ2) is 4.01. The minimum absolute atomic E-state index is 0.0547. The normalized spacial score (nSPS) is 12.1. The summed E-state index contributed by atoms with van der Waals surface area (Å²) in [5, 5.41) is 0. The number of nitrogens with zero attached hydrogens (tertiary/aromatic N) is 1. The van der Waals surface area contributed by atoms with Crippen LogP contribution in [-0.4, -0.2) is 25.3 Å². The maximum absolute atomic E-state index is 11.8. The zero-order valence-electron chi connectivity index (χ0n) is 9.21. The fourth-order valence-corrected chi connectivity index (χ4v) is 2.69. The zero-order chi connectivity index (χ0) is 12.6. The molecule has 1 aromatic carbocycles. The molecule has 0 amide bonds. The molecule has 0 fully saturated rings. The summed E-state index contributed by atoms with van der Waals surface area (Å²) in [6.45, 7) is 0.0547. The van der Waals surface area contributed by atoms with Gasteiger partial charge in [0.05, 0.1) is 16.2 Å². The monoisotopic (exact) mass is 256 g/mol. The second-order valence-corrected chi connectivity index (χ2v) is 5.77. The summed E-state index contributed by atoms with van der Waals surface area (Å²) in [6.07, 6.45) is 0. The maximum atomic E-state index is 11.8. The third-order valence-corrected chi connectivity index (χ3v) is 4.25. The minimum atomic E-state index is -3.40. The highest BCUT2D eigenvalue weighted by Gasteiger charge is 2.15. The first kappa shape index (κ1) is 11.9. The van der Waals surface area contributed by atoms with Gasteiger partial charge in [0, 0.05) is 19.7 Å². The Morgan fingerprint density at radius 3 is 2.76 bits per heavy atom. The molecule has 0 spiro atoms. The number of hydrogen-bond acceptors (Lipinski definition) is 5. The smallest absolute Gasteiger partial charge is 0.408 e. The van der Waals surface area contributed by atoms with Crippen molar-refractivity contribution in [3.8, 4) is 0 Å². The van der Waals surface area contributed by atoms with Gasteiger partial charge in [-0.3, -0.25) is 4.57 Å². The fourth-order valence-electron chi connectivity index (χ4n) is 1.58. The molecule has 92 valence electrons. The highest BCUT2D eigenvalue weighted by Crippen LogP contribution is 2.18. The second-order valence-electron chi connectivity index (χ2n) is 3.66. The maximum Gasteiger partial charge on any atom is 0.419 e. The van der Waals surface area contributed by atoms with Gasteiger partial charge in [-0.05, 0) is 12.1 Å². The molecular weight excluding hydrogens is 244 g/mol. The van der Waals surface area contributed by atoms with Crippen molar-refractivity contribution < 1.29 is 12.8 Å². The number of aromatic nitrogens is 1. The van der Waals surface area contributed by atoms with Gasteiger partial charge in [-0.2, -0.15) is 0 Å². The number of benzene rings is 1. The lowest BCUT2D eigenvalue weighted by Gasteiger charge is -2.02. The van der Waals surface area contributed by atoms with Crippen LogP contribution >= 0.6 is 0 Å². The number of fused-ring (bicyclic) bond motifs is 1. The van der Waals surface area contributed by atoms with E-state index in [-0.39, 0.29) is 22.8 Å². The lowest BCUT2D eigenvalue weighted by atomic mass is 10.3. The van der Waals surface area contributed by atoms with E-state index in [1.54, 1.807) is 13.1 Å². The van der Waals surface area contributed by atoms with Crippen LogP contribution in [0.2, 0.25) is 0 Å². The van der Waals surface area contributed by atoms with Crippen molar-refractivity contribution in [1.82, 2.24) is 4.57 Å². The molecular formula is C10H12N2O4S. The van der Waals surface area contributed by atoms with E-state index in [9.17, 15) is 13.2 Å². The van der Waals surface area contributed by atoms with Crippen LogP contribution in [0.5, 0.6) is 0 Å². The van der Waals surface area contributed by atoms with E-state index in [2.05, 4.69) is 0 Å². The number of sulfone groups is 1. The van der Waals surface area contributed by atoms with E-state index >= 15 is 0 Å². The quantitative estimate of drug-likeness (QED) is 0.825. The van der Waals surface area contributed by atoms with Crippen molar-refractivity contribution >= 4 is 20.9 Å². The SMILES string of the molecule is Cn1c(=O)oc2cc(S(=O)(=O)CCN)ccc21. The summed E-state index contributed by atoms with van der Waals surface area (Å²) in [5.74, 6) is -0.649. The molecule has 0 saturated heterocycles. The molecule has 0 saturated carbocycles. The number of rotatable bonds is 3. The van der Waals surface area contributed by atoms with E-state index < -0.39 is 15.6 Å². The Labute approximate surface area is 97.6 Å². The highest BCUT2D eigenvalue weighted by atomic mass is 32.2. The average Bonchev–Trinajstić information content (AvgIpc) is 2.54. The van der Waals surface area contributed by atoms with Gasteiger partial charge < -0.3 is 10.2 Å². The summed E-state index contributed by atoms with van der Waals surface area (Å²) in [5.41, 5.74) is 6.05. The zero-order valence-corrected chi connectivity index (χ0v) is 10.0. The Hall–Kier alpha value is -1.60. The third-order valence-electron chi connectivity index (χ3n) is 2.51. The van der Waals surface area contributed by atoms with Crippen LogP contribution in [0.4, 0.5) is 0 Å². The number of nitrogens with two attached hydrogens (primary N) is 1. The van der Waals surface area contributed by atoms with Gasteiger partial charge in [-0.25, -0.2) is 13.2 Å². The Kier molecular flexibility index (Phi) is 2.80. The topological polar surface area (TPSA) is 95.3 Å². The molecule has 0 aliphatic heterocycles. The van der Waals surface area contributed by atoms with Crippen LogP contribution in [0, 0.1) is 0 Å². The summed E-state index contributed by atoms with van der Waals surface area (Å²) >= 11 is 0. The van der Waals surface area contributed by atoms with Gasteiger partial charge in [-0.1, -0.05) is 0 Å². The number of hydrogen-bond donors (Lipinski definition) is 1. The lowest BCUT2D eigenvalue weighted by Crippen LogP contribution is -2.15. The van der Waals surface area contributed by atoms with Crippen LogP contribution in [0.3, 0.4) is 0 Å². The van der Waals surface area contributed by atoms with Gasteiger partial charge in [0.25, 0.3) is 0 Å². The number of oxazole rings is 1. The molecule has 6 nitrogen and oxygen atoms in total. The standard InChI is InChI=1S/C10H12N2O4S/c1-12-8-3-2-7(17(14,15)5-4-11)6-9(8)16-10(12)13/h2-3,6H,4-5,11H2,1H3. The van der Waals surface area contributed by atoms with Gasteiger partial charge in [0.2, 0.25) is 0 Å².